The minimum absolute atomic E-state index is 0.498. The van der Waals surface area contributed by atoms with Crippen molar-refractivity contribution in [3.05, 3.63) is 24.5 Å². The second-order valence-electron chi connectivity index (χ2n) is 2.73. The Morgan fingerprint density at radius 3 is 2.55 bits per heavy atom. The maximum atomic E-state index is 10.6. The van der Waals surface area contributed by atoms with Gasteiger partial charge in [0.25, 0.3) is 0 Å². The number of carbonyl (C=O) groups is 1. The van der Waals surface area contributed by atoms with Gasteiger partial charge in [-0.2, -0.15) is 0 Å². The van der Waals surface area contributed by atoms with E-state index in [-0.39, 0.29) is 0 Å². The molecule has 3 nitrogen and oxygen atoms in total. The van der Waals surface area contributed by atoms with Crippen LogP contribution in [0.5, 0.6) is 0 Å². The van der Waals surface area contributed by atoms with E-state index in [1.54, 1.807) is 26.0 Å². The summed E-state index contributed by atoms with van der Waals surface area (Å²) in [7, 11) is 0. The second kappa shape index (κ2) is 2.42. The first-order valence-corrected chi connectivity index (χ1v) is 3.30. The van der Waals surface area contributed by atoms with Crippen molar-refractivity contribution in [2.24, 2.45) is 0 Å². The van der Waals surface area contributed by atoms with E-state index in [4.69, 9.17) is 9.47 Å². The fourth-order valence-corrected chi connectivity index (χ4v) is 0.834. The van der Waals surface area contributed by atoms with Crippen molar-refractivity contribution in [3.63, 3.8) is 0 Å². The van der Waals surface area contributed by atoms with Gasteiger partial charge in [-0.15, -0.1) is 0 Å². The highest BCUT2D eigenvalue weighted by Crippen LogP contribution is 2.29. The SMILES string of the molecule is C=CC=C1OC(=O)OC1(C)C. The summed E-state index contributed by atoms with van der Waals surface area (Å²) in [6.45, 7) is 7.01. The molecule has 1 heterocycles. The van der Waals surface area contributed by atoms with Crippen LogP contribution in [0.4, 0.5) is 4.79 Å². The summed E-state index contributed by atoms with van der Waals surface area (Å²) in [6, 6.07) is 0. The molecule has 0 spiro atoms. The molecule has 0 radical (unpaired) electrons. The van der Waals surface area contributed by atoms with Crippen LogP contribution in [0, 0.1) is 0 Å². The normalized spacial score (nSPS) is 24.5. The predicted octanol–water partition coefficient (Wildman–Crippen LogP) is 2.00. The molecule has 1 rings (SSSR count). The van der Waals surface area contributed by atoms with Crippen molar-refractivity contribution in [1.82, 2.24) is 0 Å². The lowest BCUT2D eigenvalue weighted by Crippen LogP contribution is -2.20. The molecule has 0 aromatic rings. The van der Waals surface area contributed by atoms with Gasteiger partial charge in [-0.25, -0.2) is 4.79 Å². The molecule has 0 aromatic carbocycles. The van der Waals surface area contributed by atoms with Gasteiger partial charge in [0.2, 0.25) is 0 Å². The van der Waals surface area contributed by atoms with Crippen LogP contribution in [0.2, 0.25) is 0 Å². The second-order valence-corrected chi connectivity index (χ2v) is 2.73. The average Bonchev–Trinajstić information content (AvgIpc) is 2.07. The standard InChI is InChI=1S/C8H10O3/c1-4-5-6-8(2,3)11-7(9)10-6/h4-5H,1H2,2-3H3. The third-order valence-electron chi connectivity index (χ3n) is 1.39. The van der Waals surface area contributed by atoms with Gasteiger partial charge in [0.05, 0.1) is 0 Å². The first-order chi connectivity index (χ1) is 5.06. The third kappa shape index (κ3) is 1.42. The molecule has 0 aromatic heterocycles. The zero-order valence-corrected chi connectivity index (χ0v) is 6.59. The minimum Gasteiger partial charge on any atom is -0.420 e. The summed E-state index contributed by atoms with van der Waals surface area (Å²) < 4.78 is 9.58. The van der Waals surface area contributed by atoms with Crippen LogP contribution >= 0.6 is 0 Å². The van der Waals surface area contributed by atoms with Gasteiger partial charge in [0.1, 0.15) is 0 Å². The largest absolute Gasteiger partial charge is 0.514 e. The molecule has 1 aliphatic heterocycles. The van der Waals surface area contributed by atoms with Gasteiger partial charge in [-0.1, -0.05) is 12.7 Å². The van der Waals surface area contributed by atoms with E-state index in [9.17, 15) is 4.79 Å². The molecule has 1 saturated heterocycles. The Morgan fingerprint density at radius 2 is 2.18 bits per heavy atom. The molecule has 0 amide bonds. The fraction of sp³-hybridized carbons (Fsp3) is 0.375. The summed E-state index contributed by atoms with van der Waals surface area (Å²) in [5, 5.41) is 0. The van der Waals surface area contributed by atoms with Gasteiger partial charge in [0.15, 0.2) is 11.4 Å². The summed E-state index contributed by atoms with van der Waals surface area (Å²) in [4.78, 5) is 10.6. The molecule has 0 unspecified atom stereocenters. The lowest BCUT2D eigenvalue weighted by atomic mass is 10.1. The molecular weight excluding hydrogens is 144 g/mol. The van der Waals surface area contributed by atoms with E-state index in [0.717, 1.165) is 0 Å². The zero-order chi connectivity index (χ0) is 8.48. The summed E-state index contributed by atoms with van der Waals surface area (Å²) >= 11 is 0. The van der Waals surface area contributed by atoms with Crippen molar-refractivity contribution in [2.75, 3.05) is 0 Å². The average molecular weight is 154 g/mol. The Balaban J connectivity index is 2.90. The van der Waals surface area contributed by atoms with E-state index >= 15 is 0 Å². The fourth-order valence-electron chi connectivity index (χ4n) is 0.834. The van der Waals surface area contributed by atoms with E-state index in [1.807, 2.05) is 0 Å². The number of hydrogen-bond donors (Lipinski definition) is 0. The zero-order valence-electron chi connectivity index (χ0n) is 6.59. The first-order valence-electron chi connectivity index (χ1n) is 3.30. The van der Waals surface area contributed by atoms with Crippen LogP contribution < -0.4 is 0 Å². The Morgan fingerprint density at radius 1 is 1.55 bits per heavy atom. The minimum atomic E-state index is -0.650. The van der Waals surface area contributed by atoms with Crippen LogP contribution in [0.3, 0.4) is 0 Å². The molecule has 0 saturated carbocycles. The third-order valence-corrected chi connectivity index (χ3v) is 1.39. The van der Waals surface area contributed by atoms with E-state index in [0.29, 0.717) is 5.76 Å². The predicted molar refractivity (Wildman–Crippen MR) is 39.9 cm³/mol. The lowest BCUT2D eigenvalue weighted by Gasteiger charge is -2.12. The van der Waals surface area contributed by atoms with E-state index in [1.165, 1.54) is 0 Å². The molecule has 60 valence electrons. The number of rotatable bonds is 1. The smallest absolute Gasteiger partial charge is 0.420 e. The van der Waals surface area contributed by atoms with Crippen LogP contribution in [-0.4, -0.2) is 11.8 Å². The van der Waals surface area contributed by atoms with E-state index < -0.39 is 11.8 Å². The summed E-state index contributed by atoms with van der Waals surface area (Å²) in [5.74, 6) is 0.498. The number of cyclic esters (lactones) is 2. The number of carbonyl (C=O) groups excluding carboxylic acids is 1. The van der Waals surface area contributed by atoms with Gasteiger partial charge in [0, 0.05) is 0 Å². The van der Waals surface area contributed by atoms with Crippen molar-refractivity contribution in [3.8, 4) is 0 Å². The molecule has 0 aliphatic carbocycles. The van der Waals surface area contributed by atoms with Crippen molar-refractivity contribution in [2.45, 2.75) is 19.4 Å². The number of allylic oxidation sites excluding steroid dienone is 2. The van der Waals surface area contributed by atoms with Gasteiger partial charge in [-0.05, 0) is 19.9 Å². The number of ether oxygens (including phenoxy) is 2. The molecule has 0 N–H and O–H groups in total. The summed E-state index contributed by atoms with van der Waals surface area (Å²) in [5.41, 5.74) is -0.648. The van der Waals surface area contributed by atoms with Gasteiger partial charge >= 0.3 is 6.16 Å². The van der Waals surface area contributed by atoms with Crippen molar-refractivity contribution in [1.29, 1.82) is 0 Å². The highest BCUT2D eigenvalue weighted by Gasteiger charge is 2.38. The Kier molecular flexibility index (Phi) is 1.72. The number of hydrogen-bond acceptors (Lipinski definition) is 3. The Hall–Kier alpha value is -1.25. The Labute approximate surface area is 65.3 Å². The monoisotopic (exact) mass is 154 g/mol. The maximum absolute atomic E-state index is 10.6. The highest BCUT2D eigenvalue weighted by molar-refractivity contribution is 5.66. The molecule has 3 heteroatoms. The first kappa shape index (κ1) is 7.85. The van der Waals surface area contributed by atoms with Crippen LogP contribution in [0.25, 0.3) is 0 Å². The highest BCUT2D eigenvalue weighted by atomic mass is 16.8. The van der Waals surface area contributed by atoms with E-state index in [2.05, 4.69) is 6.58 Å². The quantitative estimate of drug-likeness (QED) is 0.542. The molecule has 1 aliphatic rings. The molecular formula is C8H10O3. The van der Waals surface area contributed by atoms with Crippen LogP contribution in [-0.2, 0) is 9.47 Å². The molecule has 1 fully saturated rings. The van der Waals surface area contributed by atoms with Crippen molar-refractivity contribution < 1.29 is 14.3 Å². The molecule has 0 atom stereocenters. The molecule has 11 heavy (non-hydrogen) atoms. The topological polar surface area (TPSA) is 35.5 Å². The Bertz CT molecular complexity index is 225. The maximum Gasteiger partial charge on any atom is 0.514 e. The van der Waals surface area contributed by atoms with Crippen molar-refractivity contribution >= 4 is 6.16 Å². The van der Waals surface area contributed by atoms with Gasteiger partial charge < -0.3 is 9.47 Å². The lowest BCUT2D eigenvalue weighted by molar-refractivity contribution is 0.0872. The van der Waals surface area contributed by atoms with Gasteiger partial charge in [-0.3, -0.25) is 0 Å². The van der Waals surface area contributed by atoms with Crippen LogP contribution in [0.15, 0.2) is 24.5 Å². The summed E-state index contributed by atoms with van der Waals surface area (Å²) in [6.07, 6.45) is 2.52. The van der Waals surface area contributed by atoms with Crippen LogP contribution in [0.1, 0.15) is 13.8 Å². The molecule has 0 bridgehead atoms.